The van der Waals surface area contributed by atoms with Crippen LogP contribution in [0.2, 0.25) is 0 Å². The fourth-order valence-electron chi connectivity index (χ4n) is 5.20. The Bertz CT molecular complexity index is 1290. The Labute approximate surface area is 229 Å². The largest absolute Gasteiger partial charge is 0.466 e. The first-order valence-electron chi connectivity index (χ1n) is 12.8. The summed E-state index contributed by atoms with van der Waals surface area (Å²) in [5.74, 6) is -2.09. The van der Waals surface area contributed by atoms with Gasteiger partial charge in [0.05, 0.1) is 29.1 Å². The van der Waals surface area contributed by atoms with Crippen LogP contribution in [0.4, 0.5) is 5.69 Å². The number of nitro benzene ring substituents is 1. The first-order valence-corrected chi connectivity index (χ1v) is 12.8. The zero-order valence-corrected chi connectivity index (χ0v) is 23.7. The zero-order chi connectivity index (χ0) is 28.9. The highest BCUT2D eigenvalue weighted by atomic mass is 16.6. The molecule has 1 heterocycles. The van der Waals surface area contributed by atoms with Crippen LogP contribution in [0.15, 0.2) is 77.1 Å². The lowest BCUT2D eigenvalue weighted by Crippen LogP contribution is -2.44. The molecule has 3 rings (SSSR count). The number of likely N-dealkylation sites (N-methyl/N-ethyl adjacent to an activating group) is 1. The molecule has 1 atom stereocenters. The molecule has 0 saturated heterocycles. The summed E-state index contributed by atoms with van der Waals surface area (Å²) in [6.07, 6.45) is 0. The fourth-order valence-corrected chi connectivity index (χ4v) is 5.20. The van der Waals surface area contributed by atoms with Crippen molar-refractivity contribution in [1.29, 1.82) is 0 Å². The van der Waals surface area contributed by atoms with E-state index in [9.17, 15) is 19.7 Å². The Morgan fingerprint density at radius 2 is 1.62 bits per heavy atom. The Hall–Kier alpha value is -3.98. The molecule has 1 unspecified atom stereocenters. The number of methoxy groups -OCH3 is 1. The van der Waals surface area contributed by atoms with Crippen LogP contribution in [0.1, 0.15) is 51.7 Å². The second kappa shape index (κ2) is 12.3. The van der Waals surface area contributed by atoms with Crippen molar-refractivity contribution in [1.82, 2.24) is 9.80 Å². The molecule has 0 radical (unpaired) electrons. The van der Waals surface area contributed by atoms with Crippen LogP contribution in [0, 0.1) is 10.1 Å². The molecule has 0 fully saturated rings. The summed E-state index contributed by atoms with van der Waals surface area (Å²) in [6.45, 7) is 10.9. The summed E-state index contributed by atoms with van der Waals surface area (Å²) >= 11 is 0. The fraction of sp³-hybridized carbons (Fsp3) is 0.400. The van der Waals surface area contributed by atoms with Gasteiger partial charge >= 0.3 is 11.9 Å². The van der Waals surface area contributed by atoms with Gasteiger partial charge in [-0.05, 0) is 52.8 Å². The summed E-state index contributed by atoms with van der Waals surface area (Å²) in [5.41, 5.74) is 2.68. The SMILES string of the molecule is COC(=O)C1=C(C)N(C(C)(C)C)C(C)=C(C(=O)OCCN(C)Cc2ccccc2)C1c1cccc([N+](=O)[O-])c1. The number of rotatable bonds is 9. The standard InChI is InChI=1S/C30H37N3O6/c1-20-25(28(34)38-7)27(23-14-11-15-24(18-23)33(36)37)26(21(2)32(20)30(3,4)5)29(35)39-17-16-31(6)19-22-12-9-8-10-13-22/h8-15,18,27H,16-17,19H2,1-7H3. The van der Waals surface area contributed by atoms with Gasteiger partial charge < -0.3 is 14.4 Å². The normalized spacial score (nSPS) is 16.0. The minimum absolute atomic E-state index is 0.131. The minimum Gasteiger partial charge on any atom is -0.466 e. The third-order valence-corrected chi connectivity index (χ3v) is 6.74. The highest BCUT2D eigenvalue weighted by Gasteiger charge is 2.43. The molecule has 0 aromatic heterocycles. The number of benzene rings is 2. The van der Waals surface area contributed by atoms with E-state index < -0.39 is 28.3 Å². The van der Waals surface area contributed by atoms with E-state index in [1.165, 1.54) is 19.2 Å². The molecule has 39 heavy (non-hydrogen) atoms. The van der Waals surface area contributed by atoms with Crippen molar-refractivity contribution in [3.05, 3.63) is 98.4 Å². The predicted octanol–water partition coefficient (Wildman–Crippen LogP) is 5.19. The molecular weight excluding hydrogens is 498 g/mol. The van der Waals surface area contributed by atoms with Gasteiger partial charge in [-0.1, -0.05) is 42.5 Å². The molecule has 0 bridgehead atoms. The van der Waals surface area contributed by atoms with Crippen molar-refractivity contribution >= 4 is 17.6 Å². The molecule has 9 heteroatoms. The van der Waals surface area contributed by atoms with E-state index in [2.05, 4.69) is 0 Å². The first-order chi connectivity index (χ1) is 18.4. The maximum atomic E-state index is 13.8. The van der Waals surface area contributed by atoms with Gasteiger partial charge in [0.2, 0.25) is 0 Å². The molecule has 2 aromatic carbocycles. The molecule has 2 aromatic rings. The second-order valence-electron chi connectivity index (χ2n) is 10.6. The van der Waals surface area contributed by atoms with E-state index in [0.717, 1.165) is 5.56 Å². The van der Waals surface area contributed by atoms with Gasteiger partial charge in [0, 0.05) is 42.2 Å². The summed E-state index contributed by atoms with van der Waals surface area (Å²) in [5, 5.41) is 11.6. The average Bonchev–Trinajstić information content (AvgIpc) is 2.87. The van der Waals surface area contributed by atoms with Crippen molar-refractivity contribution in [2.24, 2.45) is 0 Å². The molecule has 9 nitrogen and oxygen atoms in total. The van der Waals surface area contributed by atoms with E-state index in [1.807, 2.05) is 74.9 Å². The number of nitrogens with zero attached hydrogens (tertiary/aromatic N) is 3. The number of hydrogen-bond donors (Lipinski definition) is 0. The van der Waals surface area contributed by atoms with Gasteiger partial charge in [-0.3, -0.25) is 15.0 Å². The molecule has 0 spiro atoms. The number of carbonyl (C=O) groups is 2. The van der Waals surface area contributed by atoms with Crippen LogP contribution in [0.3, 0.4) is 0 Å². The van der Waals surface area contributed by atoms with E-state index in [0.29, 0.717) is 30.0 Å². The maximum absolute atomic E-state index is 13.8. The lowest BCUT2D eigenvalue weighted by Gasteiger charge is -2.45. The number of allylic oxidation sites excluding steroid dienone is 2. The number of hydrogen-bond acceptors (Lipinski definition) is 8. The molecule has 0 amide bonds. The third kappa shape index (κ3) is 6.72. The topological polar surface area (TPSA) is 102 Å². The summed E-state index contributed by atoms with van der Waals surface area (Å²) in [4.78, 5) is 42.0. The van der Waals surface area contributed by atoms with Crippen molar-refractivity contribution in [2.45, 2.75) is 52.6 Å². The van der Waals surface area contributed by atoms with Gasteiger partial charge in [0.25, 0.3) is 5.69 Å². The Morgan fingerprint density at radius 1 is 1.00 bits per heavy atom. The van der Waals surface area contributed by atoms with E-state index in [4.69, 9.17) is 9.47 Å². The smallest absolute Gasteiger partial charge is 0.336 e. The van der Waals surface area contributed by atoms with Crippen LogP contribution in [-0.2, 0) is 25.6 Å². The predicted molar refractivity (Wildman–Crippen MR) is 149 cm³/mol. The van der Waals surface area contributed by atoms with Crippen LogP contribution in [0.5, 0.6) is 0 Å². The third-order valence-electron chi connectivity index (χ3n) is 6.74. The van der Waals surface area contributed by atoms with Crippen molar-refractivity contribution < 1.29 is 24.0 Å². The van der Waals surface area contributed by atoms with Crippen LogP contribution >= 0.6 is 0 Å². The first kappa shape index (κ1) is 29.6. The average molecular weight is 536 g/mol. The second-order valence-corrected chi connectivity index (χ2v) is 10.6. The lowest BCUT2D eigenvalue weighted by molar-refractivity contribution is -0.384. The van der Waals surface area contributed by atoms with Gasteiger partial charge in [0.15, 0.2) is 0 Å². The molecule has 1 aliphatic heterocycles. The number of esters is 2. The molecule has 208 valence electrons. The Balaban J connectivity index is 2.01. The molecular formula is C30H37N3O6. The van der Waals surface area contributed by atoms with Gasteiger partial charge in [0.1, 0.15) is 6.61 Å². The number of nitro groups is 1. The summed E-state index contributed by atoms with van der Waals surface area (Å²) < 4.78 is 10.9. The quantitative estimate of drug-likeness (QED) is 0.246. The summed E-state index contributed by atoms with van der Waals surface area (Å²) in [6, 6.07) is 16.0. The van der Waals surface area contributed by atoms with Crippen LogP contribution in [-0.4, -0.2) is 59.5 Å². The van der Waals surface area contributed by atoms with Gasteiger partial charge in [-0.15, -0.1) is 0 Å². The highest BCUT2D eigenvalue weighted by Crippen LogP contribution is 2.45. The Morgan fingerprint density at radius 3 is 2.18 bits per heavy atom. The van der Waals surface area contributed by atoms with E-state index in [-0.39, 0.29) is 23.4 Å². The van der Waals surface area contributed by atoms with Crippen LogP contribution in [0.25, 0.3) is 0 Å². The van der Waals surface area contributed by atoms with Gasteiger partial charge in [-0.25, -0.2) is 9.59 Å². The zero-order valence-electron chi connectivity index (χ0n) is 23.7. The molecule has 0 aliphatic carbocycles. The molecule has 1 aliphatic rings. The Kier molecular flexibility index (Phi) is 9.29. The van der Waals surface area contributed by atoms with Crippen LogP contribution < -0.4 is 0 Å². The monoisotopic (exact) mass is 535 g/mol. The van der Waals surface area contributed by atoms with E-state index in [1.54, 1.807) is 19.1 Å². The van der Waals surface area contributed by atoms with Crippen molar-refractivity contribution in [3.8, 4) is 0 Å². The lowest BCUT2D eigenvalue weighted by atomic mass is 9.78. The highest BCUT2D eigenvalue weighted by molar-refractivity contribution is 6.00. The summed E-state index contributed by atoms with van der Waals surface area (Å²) in [7, 11) is 3.22. The maximum Gasteiger partial charge on any atom is 0.336 e. The van der Waals surface area contributed by atoms with Crippen molar-refractivity contribution in [3.63, 3.8) is 0 Å². The number of non-ortho nitro benzene ring substituents is 1. The van der Waals surface area contributed by atoms with Crippen molar-refractivity contribution in [2.75, 3.05) is 27.3 Å². The van der Waals surface area contributed by atoms with E-state index >= 15 is 0 Å². The minimum atomic E-state index is -0.898. The molecule has 0 saturated carbocycles. The number of ether oxygens (including phenoxy) is 2. The van der Waals surface area contributed by atoms with Gasteiger partial charge in [-0.2, -0.15) is 0 Å². The molecule has 0 N–H and O–H groups in total. The number of carbonyl (C=O) groups excluding carboxylic acids is 2.